The molecule has 0 spiro atoms. The third-order valence-corrected chi connectivity index (χ3v) is 14.0. The van der Waals surface area contributed by atoms with Gasteiger partial charge in [-0.2, -0.15) is 0 Å². The molecule has 0 atom stereocenters. The fourth-order valence-electron chi connectivity index (χ4n) is 10.3. The van der Waals surface area contributed by atoms with Crippen molar-refractivity contribution in [2.24, 2.45) is 0 Å². The molecule has 5 heteroatoms. The number of hydrogen-bond acceptors (Lipinski definition) is 2. The van der Waals surface area contributed by atoms with E-state index in [9.17, 15) is 0 Å². The van der Waals surface area contributed by atoms with Gasteiger partial charge in [0.15, 0.2) is 0 Å². The van der Waals surface area contributed by atoms with Crippen LogP contribution in [0, 0.1) is 20.8 Å². The molecule has 4 aromatic heterocycles. The number of aromatic nitrogens is 5. The van der Waals surface area contributed by atoms with Gasteiger partial charge < -0.3 is 4.98 Å². The van der Waals surface area contributed by atoms with Gasteiger partial charge >= 0.3 is 0 Å². The van der Waals surface area contributed by atoms with E-state index in [0.29, 0.717) is 0 Å². The van der Waals surface area contributed by atoms with Crippen molar-refractivity contribution in [3.05, 3.63) is 216 Å². The van der Waals surface area contributed by atoms with E-state index in [4.69, 9.17) is 9.97 Å². The lowest BCUT2D eigenvalue weighted by molar-refractivity contribution is 0.642. The van der Waals surface area contributed by atoms with Crippen LogP contribution in [-0.4, -0.2) is 24.1 Å². The molecule has 5 nitrogen and oxygen atoms in total. The zero-order valence-electron chi connectivity index (χ0n) is 37.2. The third-order valence-electron chi connectivity index (χ3n) is 14.0. The summed E-state index contributed by atoms with van der Waals surface area (Å²) in [5.74, 6) is 1.77. The van der Waals surface area contributed by atoms with Crippen molar-refractivity contribution in [1.82, 2.24) is 24.1 Å². The molecule has 65 heavy (non-hydrogen) atoms. The zero-order valence-corrected chi connectivity index (χ0v) is 37.2. The lowest BCUT2D eigenvalue weighted by Crippen LogP contribution is -2.18. The second-order valence-electron chi connectivity index (χ2n) is 18.1. The van der Waals surface area contributed by atoms with Gasteiger partial charge in [0.25, 0.3) is 0 Å². The molecule has 0 saturated carbocycles. The largest absolute Gasteiger partial charge is 0.354 e. The van der Waals surface area contributed by atoms with E-state index in [2.05, 4.69) is 225 Å². The summed E-state index contributed by atoms with van der Waals surface area (Å²) in [6, 6.07) is 65.8. The van der Waals surface area contributed by atoms with Gasteiger partial charge in [-0.3, -0.25) is 9.13 Å². The number of benzene rings is 8. The van der Waals surface area contributed by atoms with Crippen LogP contribution in [0.4, 0.5) is 0 Å². The van der Waals surface area contributed by atoms with E-state index >= 15 is 0 Å². The first kappa shape index (κ1) is 38.6. The second kappa shape index (κ2) is 14.8. The van der Waals surface area contributed by atoms with E-state index in [1.807, 2.05) is 12.3 Å². The number of para-hydroxylation sites is 2. The number of nitrogens with one attached hydrogen (secondary N) is 1. The minimum atomic E-state index is -0.185. The van der Waals surface area contributed by atoms with Gasteiger partial charge in [0, 0.05) is 55.5 Å². The van der Waals surface area contributed by atoms with Crippen LogP contribution in [0.15, 0.2) is 188 Å². The molecule has 0 amide bonds. The lowest BCUT2D eigenvalue weighted by atomic mass is 9.78. The number of rotatable bonds is 7. The van der Waals surface area contributed by atoms with Crippen molar-refractivity contribution in [3.8, 4) is 45.1 Å². The van der Waals surface area contributed by atoms with Crippen molar-refractivity contribution in [1.29, 1.82) is 0 Å². The fourth-order valence-corrected chi connectivity index (χ4v) is 10.3. The van der Waals surface area contributed by atoms with Gasteiger partial charge in [-0.15, -0.1) is 0 Å². The summed E-state index contributed by atoms with van der Waals surface area (Å²) in [6.07, 6.45) is 1.88. The number of pyridine rings is 1. The third kappa shape index (κ3) is 6.07. The van der Waals surface area contributed by atoms with Crippen molar-refractivity contribution in [2.45, 2.75) is 40.0 Å². The predicted octanol–water partition coefficient (Wildman–Crippen LogP) is 15.4. The van der Waals surface area contributed by atoms with E-state index in [-0.39, 0.29) is 5.41 Å². The second-order valence-corrected chi connectivity index (χ2v) is 18.1. The number of fused-ring (bicyclic) bond motifs is 7. The van der Waals surface area contributed by atoms with E-state index in [1.165, 1.54) is 54.9 Å². The van der Waals surface area contributed by atoms with E-state index in [1.54, 1.807) is 0 Å². The maximum absolute atomic E-state index is 5.74. The molecule has 8 aromatic carbocycles. The highest BCUT2D eigenvalue weighted by atomic mass is 15.1. The number of H-pyrrole nitrogens is 1. The van der Waals surface area contributed by atoms with Crippen molar-refractivity contribution >= 4 is 54.6 Å². The Balaban J connectivity index is 1.12. The molecule has 0 unspecified atom stereocenters. The molecule has 0 saturated heterocycles. The first-order chi connectivity index (χ1) is 31.7. The monoisotopic (exact) mass is 837 g/mol. The van der Waals surface area contributed by atoms with Gasteiger partial charge in [-0.1, -0.05) is 129 Å². The maximum Gasteiger partial charge on any atom is 0.147 e. The molecule has 0 aliphatic heterocycles. The Kier molecular flexibility index (Phi) is 8.79. The van der Waals surface area contributed by atoms with Crippen LogP contribution >= 0.6 is 0 Å². The normalized spacial score (nSPS) is 12.1. The molecule has 0 aliphatic carbocycles. The minimum absolute atomic E-state index is 0.185. The molecule has 0 bridgehead atoms. The summed E-state index contributed by atoms with van der Waals surface area (Å²) in [5, 5.41) is 4.85. The van der Waals surface area contributed by atoms with Crippen LogP contribution in [0.1, 0.15) is 41.7 Å². The molecular formula is C60H47N5. The van der Waals surface area contributed by atoms with Crippen LogP contribution in [0.5, 0.6) is 0 Å². The van der Waals surface area contributed by atoms with E-state index < -0.39 is 0 Å². The smallest absolute Gasteiger partial charge is 0.147 e. The SMILES string of the molecule is Cc1cc2[nH]c3c(-c4nc5c(-c6ccc7c8cc(C(C)(C)c9ccccc9)ccc8n(-c8ccccn8)c7c6)cccc5n4-c4ccccc4)cc(-c4ccccc4)cc3c2c(C)c1C. The van der Waals surface area contributed by atoms with Crippen molar-refractivity contribution < 1.29 is 0 Å². The summed E-state index contributed by atoms with van der Waals surface area (Å²) in [5.41, 5.74) is 19.3. The van der Waals surface area contributed by atoms with E-state index in [0.717, 1.165) is 72.7 Å². The van der Waals surface area contributed by atoms with Crippen molar-refractivity contribution in [3.63, 3.8) is 0 Å². The highest BCUT2D eigenvalue weighted by Crippen LogP contribution is 2.44. The average Bonchev–Trinajstić information content (AvgIpc) is 4.03. The molecule has 0 fully saturated rings. The first-order valence-corrected chi connectivity index (χ1v) is 22.5. The van der Waals surface area contributed by atoms with Crippen LogP contribution in [0.2, 0.25) is 0 Å². The maximum atomic E-state index is 5.74. The molecule has 12 aromatic rings. The van der Waals surface area contributed by atoms with Crippen LogP contribution < -0.4 is 0 Å². The molecule has 12 rings (SSSR count). The minimum Gasteiger partial charge on any atom is -0.354 e. The zero-order chi connectivity index (χ0) is 44.0. The van der Waals surface area contributed by atoms with Crippen LogP contribution in [0.25, 0.3) is 99.8 Å². The molecule has 0 radical (unpaired) electrons. The first-order valence-electron chi connectivity index (χ1n) is 22.5. The highest BCUT2D eigenvalue weighted by molar-refractivity contribution is 6.16. The molecular weight excluding hydrogens is 791 g/mol. The molecule has 0 aliphatic rings. The predicted molar refractivity (Wildman–Crippen MR) is 272 cm³/mol. The molecule has 4 heterocycles. The lowest BCUT2D eigenvalue weighted by Gasteiger charge is -2.26. The number of aromatic amines is 1. The summed E-state index contributed by atoms with van der Waals surface area (Å²) in [4.78, 5) is 14.6. The summed E-state index contributed by atoms with van der Waals surface area (Å²) in [6.45, 7) is 11.3. The number of imidazole rings is 1. The summed E-state index contributed by atoms with van der Waals surface area (Å²) >= 11 is 0. The topological polar surface area (TPSA) is 51.4 Å². The Labute approximate surface area is 378 Å². The number of nitrogens with zero attached hydrogens (tertiary/aromatic N) is 4. The Morgan fingerprint density at radius 2 is 1.25 bits per heavy atom. The van der Waals surface area contributed by atoms with Crippen LogP contribution in [-0.2, 0) is 5.41 Å². The summed E-state index contributed by atoms with van der Waals surface area (Å²) in [7, 11) is 0. The van der Waals surface area contributed by atoms with Crippen LogP contribution in [0.3, 0.4) is 0 Å². The average molecular weight is 838 g/mol. The fraction of sp³-hybridized carbons (Fsp3) is 0.100. The molecule has 312 valence electrons. The van der Waals surface area contributed by atoms with Gasteiger partial charge in [0.05, 0.1) is 27.6 Å². The molecule has 1 N–H and O–H groups in total. The Hall–Kier alpha value is -8.02. The van der Waals surface area contributed by atoms with Gasteiger partial charge in [0.2, 0.25) is 0 Å². The van der Waals surface area contributed by atoms with Gasteiger partial charge in [-0.25, -0.2) is 9.97 Å². The van der Waals surface area contributed by atoms with Gasteiger partial charge in [-0.05, 0) is 132 Å². The standard InChI is InChI=1S/C60H47N5/c1-37-32-51-56(39(3)38(37)2)49-33-42(40-18-9-6-10-19-40)34-50(57(49)62-51)59-63-58-46(24-17-25-53(58)64(59)45-22-13-8-14-23-45)41-27-29-47-48-36-44(60(4,5)43-20-11-7-12-21-43)28-30-52(48)65(54(47)35-41)55-26-15-16-31-61-55/h6-36,62H,1-5H3. The van der Waals surface area contributed by atoms with Crippen molar-refractivity contribution in [2.75, 3.05) is 0 Å². The number of aryl methyl sites for hydroxylation is 2. The van der Waals surface area contributed by atoms with Gasteiger partial charge in [0.1, 0.15) is 11.6 Å². The Morgan fingerprint density at radius 1 is 0.492 bits per heavy atom. The summed E-state index contributed by atoms with van der Waals surface area (Å²) < 4.78 is 4.66. The Morgan fingerprint density at radius 3 is 2.02 bits per heavy atom. The number of hydrogen-bond donors (Lipinski definition) is 1. The Bertz CT molecular complexity index is 3800. The highest BCUT2D eigenvalue weighted by Gasteiger charge is 2.26. The quantitative estimate of drug-likeness (QED) is 0.174.